The largest absolute Gasteiger partial charge is 0.486 e. The summed E-state index contributed by atoms with van der Waals surface area (Å²) in [5, 5.41) is 0. The summed E-state index contributed by atoms with van der Waals surface area (Å²) in [5.74, 6) is 1.56. The van der Waals surface area contributed by atoms with Crippen LogP contribution < -0.4 is 10.5 Å². The minimum atomic E-state index is -0.281. The Labute approximate surface area is 98.8 Å². The molecule has 0 aliphatic carbocycles. The van der Waals surface area contributed by atoms with E-state index in [2.05, 4.69) is 4.98 Å². The monoisotopic (exact) mass is 235 g/mol. The first kappa shape index (κ1) is 11.4. The summed E-state index contributed by atoms with van der Waals surface area (Å²) in [6, 6.07) is 5.88. The number of hydrogen-bond donors (Lipinski definition) is 1. The topological polar surface area (TPSA) is 53.1 Å². The molecule has 0 radical (unpaired) electrons. The smallest absolute Gasteiger partial charge is 0.149 e. The normalized spacial score (nSPS) is 10.5. The Morgan fingerprint density at radius 3 is 2.71 bits per heavy atom. The number of nitrogen functional groups attached to an aromatic ring is 1. The molecular weight excluding hydrogens is 221 g/mol. The molecule has 1 aromatic carbocycles. The highest BCUT2D eigenvalue weighted by Crippen LogP contribution is 2.14. The molecule has 0 fully saturated rings. The van der Waals surface area contributed by atoms with Crippen LogP contribution in [0.15, 0.2) is 30.5 Å². The number of nitrogens with two attached hydrogens (primary N) is 1. The van der Waals surface area contributed by atoms with E-state index in [-0.39, 0.29) is 5.82 Å². The maximum absolute atomic E-state index is 12.7. The first-order chi connectivity index (χ1) is 8.19. The predicted octanol–water partition coefficient (Wildman–Crippen LogP) is 2.20. The summed E-state index contributed by atoms with van der Waals surface area (Å²) in [6.07, 6.45) is 1.77. The van der Waals surface area contributed by atoms with Gasteiger partial charge in [-0.2, -0.15) is 0 Å². The minimum Gasteiger partial charge on any atom is -0.486 e. The molecule has 0 saturated heterocycles. The zero-order valence-corrected chi connectivity index (χ0v) is 9.56. The zero-order chi connectivity index (χ0) is 12.3. The molecule has 4 nitrogen and oxygen atoms in total. The van der Waals surface area contributed by atoms with Crippen LogP contribution in [0.4, 0.5) is 10.2 Å². The molecule has 0 atom stereocenters. The van der Waals surface area contributed by atoms with Gasteiger partial charge in [0.2, 0.25) is 0 Å². The highest BCUT2D eigenvalue weighted by atomic mass is 19.1. The third-order valence-electron chi connectivity index (χ3n) is 2.40. The van der Waals surface area contributed by atoms with Crippen molar-refractivity contribution >= 4 is 5.82 Å². The van der Waals surface area contributed by atoms with Gasteiger partial charge in [-0.05, 0) is 31.2 Å². The summed E-state index contributed by atoms with van der Waals surface area (Å²) >= 11 is 0. The summed E-state index contributed by atoms with van der Waals surface area (Å²) < 4.78 is 20.1. The molecule has 2 N–H and O–H groups in total. The summed E-state index contributed by atoms with van der Waals surface area (Å²) in [4.78, 5) is 4.16. The van der Waals surface area contributed by atoms with Crippen LogP contribution >= 0.6 is 0 Å². The number of ether oxygens (including phenoxy) is 1. The van der Waals surface area contributed by atoms with E-state index in [0.29, 0.717) is 18.2 Å². The quantitative estimate of drug-likeness (QED) is 0.883. The van der Waals surface area contributed by atoms with E-state index in [4.69, 9.17) is 10.5 Å². The van der Waals surface area contributed by atoms with Crippen molar-refractivity contribution in [3.8, 4) is 5.75 Å². The standard InChI is InChI=1S/C12H14FN3O/c1-2-16-7-11(14)15-12(16)8-17-10-5-3-9(13)4-6-10/h3-7H,2,8,14H2,1H3. The van der Waals surface area contributed by atoms with Gasteiger partial charge in [-0.1, -0.05) is 0 Å². The van der Waals surface area contributed by atoms with E-state index in [9.17, 15) is 4.39 Å². The number of benzene rings is 1. The van der Waals surface area contributed by atoms with E-state index in [0.717, 1.165) is 12.4 Å². The number of aromatic nitrogens is 2. The molecule has 1 heterocycles. The van der Waals surface area contributed by atoms with Gasteiger partial charge in [-0.3, -0.25) is 0 Å². The number of imidazole rings is 1. The Hall–Kier alpha value is -2.04. The van der Waals surface area contributed by atoms with Crippen molar-refractivity contribution in [2.45, 2.75) is 20.1 Å². The van der Waals surface area contributed by atoms with E-state index in [1.807, 2.05) is 11.5 Å². The van der Waals surface area contributed by atoms with E-state index >= 15 is 0 Å². The van der Waals surface area contributed by atoms with Gasteiger partial charge in [0.25, 0.3) is 0 Å². The highest BCUT2D eigenvalue weighted by molar-refractivity contribution is 5.26. The van der Waals surface area contributed by atoms with Crippen molar-refractivity contribution in [2.24, 2.45) is 0 Å². The van der Waals surface area contributed by atoms with Gasteiger partial charge in [0.1, 0.15) is 29.8 Å². The lowest BCUT2D eigenvalue weighted by Crippen LogP contribution is -2.05. The molecule has 2 rings (SSSR count). The van der Waals surface area contributed by atoms with E-state index < -0.39 is 0 Å². The minimum absolute atomic E-state index is 0.281. The maximum Gasteiger partial charge on any atom is 0.149 e. The Bertz CT molecular complexity index is 493. The first-order valence-electron chi connectivity index (χ1n) is 5.39. The second-order valence-corrected chi connectivity index (χ2v) is 3.61. The average molecular weight is 235 g/mol. The third-order valence-corrected chi connectivity index (χ3v) is 2.40. The van der Waals surface area contributed by atoms with Gasteiger partial charge < -0.3 is 15.0 Å². The Morgan fingerprint density at radius 1 is 1.35 bits per heavy atom. The Balaban J connectivity index is 2.04. The van der Waals surface area contributed by atoms with Gasteiger partial charge in [0.15, 0.2) is 0 Å². The van der Waals surface area contributed by atoms with Crippen LogP contribution in [0.2, 0.25) is 0 Å². The van der Waals surface area contributed by atoms with Crippen LogP contribution in [-0.2, 0) is 13.2 Å². The fraction of sp³-hybridized carbons (Fsp3) is 0.250. The van der Waals surface area contributed by atoms with Crippen molar-refractivity contribution in [2.75, 3.05) is 5.73 Å². The molecule has 0 unspecified atom stereocenters. The molecule has 5 heteroatoms. The van der Waals surface area contributed by atoms with Crippen LogP contribution in [0.1, 0.15) is 12.7 Å². The molecule has 90 valence electrons. The second kappa shape index (κ2) is 4.86. The van der Waals surface area contributed by atoms with Crippen molar-refractivity contribution in [3.05, 3.63) is 42.1 Å². The number of halogens is 1. The average Bonchev–Trinajstić information content (AvgIpc) is 2.69. The number of hydrogen-bond acceptors (Lipinski definition) is 3. The molecule has 0 aliphatic heterocycles. The number of rotatable bonds is 4. The van der Waals surface area contributed by atoms with E-state index in [1.54, 1.807) is 18.3 Å². The molecule has 1 aromatic heterocycles. The summed E-state index contributed by atoms with van der Waals surface area (Å²) in [5.41, 5.74) is 5.61. The lowest BCUT2D eigenvalue weighted by atomic mass is 10.3. The summed E-state index contributed by atoms with van der Waals surface area (Å²) in [6.45, 7) is 3.10. The third kappa shape index (κ3) is 2.75. The Kier molecular flexibility index (Phi) is 3.27. The first-order valence-corrected chi connectivity index (χ1v) is 5.39. The molecule has 0 saturated carbocycles. The van der Waals surface area contributed by atoms with Gasteiger partial charge in [-0.15, -0.1) is 0 Å². The van der Waals surface area contributed by atoms with Gasteiger partial charge in [0.05, 0.1) is 0 Å². The number of nitrogens with zero attached hydrogens (tertiary/aromatic N) is 2. The van der Waals surface area contributed by atoms with Gasteiger partial charge >= 0.3 is 0 Å². The van der Waals surface area contributed by atoms with Crippen LogP contribution in [0.3, 0.4) is 0 Å². The van der Waals surface area contributed by atoms with E-state index in [1.165, 1.54) is 12.1 Å². The summed E-state index contributed by atoms with van der Waals surface area (Å²) in [7, 11) is 0. The molecule has 17 heavy (non-hydrogen) atoms. The molecule has 2 aromatic rings. The highest BCUT2D eigenvalue weighted by Gasteiger charge is 2.05. The lowest BCUT2D eigenvalue weighted by molar-refractivity contribution is 0.289. The van der Waals surface area contributed by atoms with Crippen molar-refractivity contribution in [3.63, 3.8) is 0 Å². The second-order valence-electron chi connectivity index (χ2n) is 3.61. The molecule has 0 spiro atoms. The SMILES string of the molecule is CCn1cc(N)nc1COc1ccc(F)cc1. The molecule has 0 aliphatic rings. The van der Waals surface area contributed by atoms with Crippen LogP contribution in [0.5, 0.6) is 5.75 Å². The van der Waals surface area contributed by atoms with Crippen molar-refractivity contribution in [1.82, 2.24) is 9.55 Å². The van der Waals surface area contributed by atoms with Crippen molar-refractivity contribution in [1.29, 1.82) is 0 Å². The fourth-order valence-corrected chi connectivity index (χ4v) is 1.54. The molecule has 0 bridgehead atoms. The number of anilines is 1. The van der Waals surface area contributed by atoms with Gasteiger partial charge in [0, 0.05) is 12.7 Å². The zero-order valence-electron chi connectivity index (χ0n) is 9.56. The van der Waals surface area contributed by atoms with Crippen LogP contribution in [0, 0.1) is 5.82 Å². The molecular formula is C12H14FN3O. The number of aryl methyl sites for hydroxylation is 1. The lowest BCUT2D eigenvalue weighted by Gasteiger charge is -2.07. The Morgan fingerprint density at radius 2 is 2.06 bits per heavy atom. The van der Waals surface area contributed by atoms with Gasteiger partial charge in [-0.25, -0.2) is 9.37 Å². The maximum atomic E-state index is 12.7. The predicted molar refractivity (Wildman–Crippen MR) is 63.0 cm³/mol. The van der Waals surface area contributed by atoms with Crippen molar-refractivity contribution < 1.29 is 9.13 Å². The molecule has 0 amide bonds. The fourth-order valence-electron chi connectivity index (χ4n) is 1.54. The van der Waals surface area contributed by atoms with Crippen LogP contribution in [0.25, 0.3) is 0 Å². The van der Waals surface area contributed by atoms with Crippen LogP contribution in [-0.4, -0.2) is 9.55 Å².